The quantitative estimate of drug-likeness (QED) is 0.153. The maximum Gasteiger partial charge on any atom is 0.0487 e. The van der Waals surface area contributed by atoms with Crippen LogP contribution >= 0.6 is 0 Å². The van der Waals surface area contributed by atoms with Crippen LogP contribution in [-0.2, 0) is 0 Å². The van der Waals surface area contributed by atoms with Crippen molar-refractivity contribution < 1.29 is 0 Å². The highest BCUT2D eigenvalue weighted by molar-refractivity contribution is 5.85. The molecule has 8 rings (SSSR count). The monoisotopic (exact) mass is 654 g/mol. The van der Waals surface area contributed by atoms with Crippen LogP contribution in [-0.4, -0.2) is 7.05 Å². The Kier molecular flexibility index (Phi) is 8.96. The Balaban J connectivity index is 1.12. The van der Waals surface area contributed by atoms with E-state index in [4.69, 9.17) is 0 Å². The van der Waals surface area contributed by atoms with Crippen molar-refractivity contribution in [2.75, 3.05) is 16.8 Å². The van der Waals surface area contributed by atoms with Gasteiger partial charge in [-0.15, -0.1) is 0 Å². The first kappa shape index (κ1) is 31.6. The maximum absolute atomic E-state index is 2.33. The molecule has 0 bridgehead atoms. The van der Waals surface area contributed by atoms with E-state index in [1.54, 1.807) is 0 Å². The summed E-state index contributed by atoms with van der Waals surface area (Å²) in [6.07, 6.45) is 0. The predicted octanol–water partition coefficient (Wildman–Crippen LogP) is 13.6. The Hall–Kier alpha value is -6.64. The van der Waals surface area contributed by atoms with Gasteiger partial charge in [0.15, 0.2) is 0 Å². The SMILES string of the molecule is CN(c1ccc(-c2ccccc2)cc1)c1ccccc1-c1ccc(N(c2ccc(-c3ccccc3)cc2)c2ccc(-c3ccccc3)cc2)cc1. The number of benzene rings is 8. The van der Waals surface area contributed by atoms with E-state index in [-0.39, 0.29) is 0 Å². The second-order valence-corrected chi connectivity index (χ2v) is 12.7. The van der Waals surface area contributed by atoms with Gasteiger partial charge < -0.3 is 9.80 Å². The normalized spacial score (nSPS) is 10.8. The summed E-state index contributed by atoms with van der Waals surface area (Å²) in [5.74, 6) is 0. The second-order valence-electron chi connectivity index (χ2n) is 12.7. The molecule has 0 N–H and O–H groups in total. The van der Waals surface area contributed by atoms with Gasteiger partial charge in [0.2, 0.25) is 0 Å². The zero-order valence-corrected chi connectivity index (χ0v) is 28.6. The predicted molar refractivity (Wildman–Crippen MR) is 217 cm³/mol. The largest absolute Gasteiger partial charge is 0.344 e. The first-order valence-electron chi connectivity index (χ1n) is 17.4. The molecule has 0 spiro atoms. The van der Waals surface area contributed by atoms with Crippen LogP contribution in [0.2, 0.25) is 0 Å². The van der Waals surface area contributed by atoms with Crippen molar-refractivity contribution >= 4 is 28.4 Å². The molecule has 2 heteroatoms. The molecule has 244 valence electrons. The molecular weight excluding hydrogens is 617 g/mol. The van der Waals surface area contributed by atoms with E-state index in [0.717, 1.165) is 28.4 Å². The third-order valence-corrected chi connectivity index (χ3v) is 9.53. The molecule has 0 aromatic heterocycles. The molecule has 0 aliphatic heterocycles. The van der Waals surface area contributed by atoms with E-state index >= 15 is 0 Å². The summed E-state index contributed by atoms with van der Waals surface area (Å²) >= 11 is 0. The van der Waals surface area contributed by atoms with Crippen molar-refractivity contribution in [2.45, 2.75) is 0 Å². The van der Waals surface area contributed by atoms with E-state index in [9.17, 15) is 0 Å². The van der Waals surface area contributed by atoms with Gasteiger partial charge in [-0.2, -0.15) is 0 Å². The van der Waals surface area contributed by atoms with Crippen LogP contribution in [0.1, 0.15) is 0 Å². The van der Waals surface area contributed by atoms with Gasteiger partial charge in [-0.25, -0.2) is 0 Å². The van der Waals surface area contributed by atoms with Crippen molar-refractivity contribution in [1.29, 1.82) is 0 Å². The third-order valence-electron chi connectivity index (χ3n) is 9.53. The van der Waals surface area contributed by atoms with Crippen LogP contribution in [0, 0.1) is 0 Å². The molecule has 0 radical (unpaired) electrons. The van der Waals surface area contributed by atoms with Gasteiger partial charge in [0, 0.05) is 41.0 Å². The molecule has 8 aromatic rings. The average Bonchev–Trinajstić information content (AvgIpc) is 3.22. The summed E-state index contributed by atoms with van der Waals surface area (Å²) in [7, 11) is 2.14. The highest BCUT2D eigenvalue weighted by atomic mass is 15.1. The molecule has 0 amide bonds. The zero-order chi connectivity index (χ0) is 34.4. The number of hydrogen-bond donors (Lipinski definition) is 0. The Morgan fingerprint density at radius 2 is 0.549 bits per heavy atom. The smallest absolute Gasteiger partial charge is 0.0487 e. The number of hydrogen-bond acceptors (Lipinski definition) is 2. The Morgan fingerprint density at radius 3 is 0.941 bits per heavy atom. The Labute approximate surface area is 301 Å². The molecule has 2 nitrogen and oxygen atoms in total. The van der Waals surface area contributed by atoms with Crippen molar-refractivity contribution in [2.24, 2.45) is 0 Å². The lowest BCUT2D eigenvalue weighted by molar-refractivity contribution is 1.21. The summed E-state index contributed by atoms with van der Waals surface area (Å²) in [6.45, 7) is 0. The van der Waals surface area contributed by atoms with E-state index in [2.05, 4.69) is 229 Å². The van der Waals surface area contributed by atoms with Crippen molar-refractivity contribution in [3.63, 3.8) is 0 Å². The van der Waals surface area contributed by atoms with Gasteiger partial charge in [0.05, 0.1) is 0 Å². The van der Waals surface area contributed by atoms with Crippen molar-refractivity contribution in [3.8, 4) is 44.5 Å². The van der Waals surface area contributed by atoms with Crippen LogP contribution in [0.5, 0.6) is 0 Å². The van der Waals surface area contributed by atoms with Gasteiger partial charge in [-0.3, -0.25) is 0 Å². The molecule has 0 saturated heterocycles. The second kappa shape index (κ2) is 14.5. The molecule has 0 aliphatic carbocycles. The maximum atomic E-state index is 2.33. The fourth-order valence-corrected chi connectivity index (χ4v) is 6.76. The number of para-hydroxylation sites is 1. The van der Waals surface area contributed by atoms with Gasteiger partial charge in [-0.05, 0) is 93.5 Å². The number of rotatable bonds is 9. The lowest BCUT2D eigenvalue weighted by Gasteiger charge is -2.27. The molecule has 0 aliphatic rings. The van der Waals surface area contributed by atoms with Gasteiger partial charge in [-0.1, -0.05) is 158 Å². The fourth-order valence-electron chi connectivity index (χ4n) is 6.76. The Morgan fingerprint density at radius 1 is 0.255 bits per heavy atom. The third kappa shape index (κ3) is 6.81. The first-order chi connectivity index (χ1) is 25.2. The van der Waals surface area contributed by atoms with E-state index in [0.29, 0.717) is 0 Å². The van der Waals surface area contributed by atoms with Gasteiger partial charge in [0.25, 0.3) is 0 Å². The molecule has 0 atom stereocenters. The van der Waals surface area contributed by atoms with Crippen LogP contribution in [0.15, 0.2) is 212 Å². The summed E-state index contributed by atoms with van der Waals surface area (Å²) in [6, 6.07) is 75.7. The number of nitrogens with zero attached hydrogens (tertiary/aromatic N) is 2. The zero-order valence-electron chi connectivity index (χ0n) is 28.6. The molecule has 0 heterocycles. The molecule has 8 aromatic carbocycles. The fraction of sp³-hybridized carbons (Fsp3) is 0.0204. The van der Waals surface area contributed by atoms with Gasteiger partial charge in [0.1, 0.15) is 0 Å². The van der Waals surface area contributed by atoms with Gasteiger partial charge >= 0.3 is 0 Å². The first-order valence-corrected chi connectivity index (χ1v) is 17.4. The van der Waals surface area contributed by atoms with Crippen molar-refractivity contribution in [3.05, 3.63) is 212 Å². The summed E-state index contributed by atoms with van der Waals surface area (Å²) in [5.41, 5.74) is 15.2. The lowest BCUT2D eigenvalue weighted by atomic mass is 10.0. The highest BCUT2D eigenvalue weighted by Crippen LogP contribution is 2.40. The minimum absolute atomic E-state index is 1.10. The number of anilines is 5. The molecule has 0 unspecified atom stereocenters. The standard InChI is InChI=1S/C49H38N2/c1-50(44-29-21-40(22-30-44)37-13-5-2-6-14-37)49-20-12-11-19-48(49)43-27-35-47(36-28-43)51(45-31-23-41(24-32-45)38-15-7-3-8-16-38)46-33-25-42(26-34-46)39-17-9-4-10-18-39/h2-36H,1H3. The molecule has 0 fully saturated rings. The van der Waals surface area contributed by atoms with E-state index in [1.807, 2.05) is 0 Å². The summed E-state index contributed by atoms with van der Waals surface area (Å²) < 4.78 is 0. The minimum atomic E-state index is 1.10. The summed E-state index contributed by atoms with van der Waals surface area (Å²) in [4.78, 5) is 4.60. The molecule has 0 saturated carbocycles. The van der Waals surface area contributed by atoms with Crippen LogP contribution in [0.25, 0.3) is 44.5 Å². The minimum Gasteiger partial charge on any atom is -0.344 e. The topological polar surface area (TPSA) is 6.48 Å². The Bertz CT molecular complexity index is 2230. The highest BCUT2D eigenvalue weighted by Gasteiger charge is 2.16. The molecule has 51 heavy (non-hydrogen) atoms. The van der Waals surface area contributed by atoms with Crippen LogP contribution in [0.4, 0.5) is 28.4 Å². The van der Waals surface area contributed by atoms with E-state index < -0.39 is 0 Å². The van der Waals surface area contributed by atoms with Crippen molar-refractivity contribution in [1.82, 2.24) is 0 Å². The average molecular weight is 655 g/mol. The molecular formula is C49H38N2. The van der Waals surface area contributed by atoms with Crippen LogP contribution in [0.3, 0.4) is 0 Å². The van der Waals surface area contributed by atoms with E-state index in [1.165, 1.54) is 44.5 Å². The lowest BCUT2D eigenvalue weighted by Crippen LogP contribution is -2.11. The van der Waals surface area contributed by atoms with Crippen LogP contribution < -0.4 is 9.80 Å². The summed E-state index contributed by atoms with van der Waals surface area (Å²) in [5, 5.41) is 0.